The molecule has 0 amide bonds. The number of nitrogens with one attached hydrogen (secondary N) is 1. The van der Waals surface area contributed by atoms with Crippen LogP contribution >= 0.6 is 0 Å². The number of aromatic nitrogens is 2. The van der Waals surface area contributed by atoms with Crippen molar-refractivity contribution in [2.45, 2.75) is 26.2 Å². The number of hydrogen-bond donors (Lipinski definition) is 1. The maximum atomic E-state index is 4.68. The molecule has 17 heavy (non-hydrogen) atoms. The van der Waals surface area contributed by atoms with Gasteiger partial charge in [-0.1, -0.05) is 6.07 Å². The Morgan fingerprint density at radius 2 is 2.35 bits per heavy atom. The third-order valence-electron chi connectivity index (χ3n) is 3.55. The number of pyridine rings is 1. The van der Waals surface area contributed by atoms with E-state index in [0.717, 1.165) is 24.5 Å². The molecule has 1 atom stereocenters. The van der Waals surface area contributed by atoms with Crippen LogP contribution in [0.1, 0.15) is 24.1 Å². The average molecular weight is 229 g/mol. The van der Waals surface area contributed by atoms with Crippen LogP contribution in [0.3, 0.4) is 0 Å². The highest BCUT2D eigenvalue weighted by Crippen LogP contribution is 2.16. The van der Waals surface area contributed by atoms with Crippen molar-refractivity contribution < 1.29 is 0 Å². The molecule has 1 saturated heterocycles. The van der Waals surface area contributed by atoms with Crippen LogP contribution in [0.5, 0.6) is 0 Å². The second kappa shape index (κ2) is 4.49. The van der Waals surface area contributed by atoms with Crippen molar-refractivity contribution in [1.82, 2.24) is 14.7 Å². The van der Waals surface area contributed by atoms with E-state index in [-0.39, 0.29) is 0 Å². The lowest BCUT2D eigenvalue weighted by atomic mass is 9.95. The largest absolute Gasteiger partial charge is 0.316 e. The van der Waals surface area contributed by atoms with Crippen molar-refractivity contribution in [3.8, 4) is 0 Å². The molecule has 0 bridgehead atoms. The third-order valence-corrected chi connectivity index (χ3v) is 3.55. The van der Waals surface area contributed by atoms with Gasteiger partial charge in [0.1, 0.15) is 5.65 Å². The lowest BCUT2D eigenvalue weighted by Crippen LogP contribution is -2.30. The molecular weight excluding hydrogens is 210 g/mol. The molecule has 1 fully saturated rings. The van der Waals surface area contributed by atoms with Gasteiger partial charge < -0.3 is 9.72 Å². The average Bonchev–Trinajstić information content (AvgIpc) is 2.71. The Hall–Kier alpha value is -1.35. The molecule has 3 heteroatoms. The summed E-state index contributed by atoms with van der Waals surface area (Å²) < 4.78 is 2.14. The van der Waals surface area contributed by atoms with E-state index < -0.39 is 0 Å². The van der Waals surface area contributed by atoms with Gasteiger partial charge >= 0.3 is 0 Å². The summed E-state index contributed by atoms with van der Waals surface area (Å²) in [7, 11) is 0. The molecule has 1 unspecified atom stereocenters. The second-order valence-electron chi connectivity index (χ2n) is 5.12. The molecule has 3 rings (SSSR count). The Kier molecular flexibility index (Phi) is 2.85. The van der Waals surface area contributed by atoms with E-state index in [2.05, 4.69) is 46.2 Å². The van der Waals surface area contributed by atoms with E-state index in [1.807, 2.05) is 0 Å². The van der Waals surface area contributed by atoms with Crippen molar-refractivity contribution in [3.05, 3.63) is 35.8 Å². The molecule has 1 aliphatic heterocycles. The zero-order chi connectivity index (χ0) is 11.7. The predicted molar refractivity (Wildman–Crippen MR) is 69.2 cm³/mol. The van der Waals surface area contributed by atoms with E-state index in [0.29, 0.717) is 0 Å². The van der Waals surface area contributed by atoms with Crippen molar-refractivity contribution in [1.29, 1.82) is 0 Å². The van der Waals surface area contributed by atoms with E-state index in [4.69, 9.17) is 0 Å². The first-order valence-corrected chi connectivity index (χ1v) is 6.46. The number of imidazole rings is 1. The summed E-state index contributed by atoms with van der Waals surface area (Å²) in [6.45, 7) is 4.44. The highest BCUT2D eigenvalue weighted by atomic mass is 15.0. The first kappa shape index (κ1) is 10.8. The first-order chi connectivity index (χ1) is 8.31. The molecule has 0 saturated carbocycles. The summed E-state index contributed by atoms with van der Waals surface area (Å²) in [6.07, 6.45) is 8.06. The molecule has 2 aromatic rings. The Balaban J connectivity index is 1.80. The molecule has 0 aromatic carbocycles. The summed E-state index contributed by atoms with van der Waals surface area (Å²) in [5, 5.41) is 3.46. The van der Waals surface area contributed by atoms with Gasteiger partial charge in [0.05, 0.1) is 5.69 Å². The minimum atomic E-state index is 0.759. The van der Waals surface area contributed by atoms with E-state index in [1.165, 1.54) is 30.6 Å². The summed E-state index contributed by atoms with van der Waals surface area (Å²) >= 11 is 0. The zero-order valence-electron chi connectivity index (χ0n) is 10.3. The number of rotatable bonds is 2. The van der Waals surface area contributed by atoms with Crippen LogP contribution in [0.15, 0.2) is 24.5 Å². The fraction of sp³-hybridized carbons (Fsp3) is 0.500. The van der Waals surface area contributed by atoms with E-state index in [9.17, 15) is 0 Å². The van der Waals surface area contributed by atoms with Crippen molar-refractivity contribution in [2.75, 3.05) is 13.1 Å². The van der Waals surface area contributed by atoms with Crippen LogP contribution in [0.4, 0.5) is 0 Å². The minimum absolute atomic E-state index is 0.759. The predicted octanol–water partition coefficient (Wildman–Crippen LogP) is 2.18. The number of nitrogens with zero attached hydrogens (tertiary/aromatic N) is 2. The van der Waals surface area contributed by atoms with Gasteiger partial charge in [-0.05, 0) is 56.8 Å². The van der Waals surface area contributed by atoms with Crippen LogP contribution in [0.25, 0.3) is 5.65 Å². The summed E-state index contributed by atoms with van der Waals surface area (Å²) in [4.78, 5) is 4.68. The maximum Gasteiger partial charge on any atom is 0.136 e. The topological polar surface area (TPSA) is 29.3 Å². The van der Waals surface area contributed by atoms with Crippen LogP contribution in [0, 0.1) is 12.8 Å². The number of aryl methyl sites for hydroxylation is 1. The molecule has 1 N–H and O–H groups in total. The van der Waals surface area contributed by atoms with Crippen LogP contribution in [-0.4, -0.2) is 22.5 Å². The van der Waals surface area contributed by atoms with Crippen molar-refractivity contribution in [2.24, 2.45) is 5.92 Å². The highest BCUT2D eigenvalue weighted by molar-refractivity contribution is 5.41. The van der Waals surface area contributed by atoms with Gasteiger partial charge in [-0.3, -0.25) is 0 Å². The Morgan fingerprint density at radius 3 is 3.18 bits per heavy atom. The second-order valence-corrected chi connectivity index (χ2v) is 5.12. The van der Waals surface area contributed by atoms with Gasteiger partial charge in [-0.15, -0.1) is 0 Å². The fourth-order valence-electron chi connectivity index (χ4n) is 2.65. The Labute approximate surface area is 102 Å². The Morgan fingerprint density at radius 1 is 1.41 bits per heavy atom. The number of hydrogen-bond acceptors (Lipinski definition) is 2. The van der Waals surface area contributed by atoms with Crippen LogP contribution in [0.2, 0.25) is 0 Å². The number of fused-ring (bicyclic) bond motifs is 1. The molecule has 2 aromatic heterocycles. The molecule has 0 radical (unpaired) electrons. The lowest BCUT2D eigenvalue weighted by molar-refractivity contribution is 0.374. The van der Waals surface area contributed by atoms with E-state index >= 15 is 0 Å². The summed E-state index contributed by atoms with van der Waals surface area (Å²) in [5.41, 5.74) is 3.57. The van der Waals surface area contributed by atoms with Crippen LogP contribution in [-0.2, 0) is 6.42 Å². The fourth-order valence-corrected chi connectivity index (χ4v) is 2.65. The highest BCUT2D eigenvalue weighted by Gasteiger charge is 2.14. The summed E-state index contributed by atoms with van der Waals surface area (Å²) in [5.74, 6) is 0.759. The third kappa shape index (κ3) is 2.34. The molecule has 90 valence electrons. The molecule has 1 aliphatic rings. The summed E-state index contributed by atoms with van der Waals surface area (Å²) in [6, 6.07) is 4.21. The van der Waals surface area contributed by atoms with Crippen molar-refractivity contribution in [3.63, 3.8) is 0 Å². The molecule has 0 aliphatic carbocycles. The van der Waals surface area contributed by atoms with Crippen molar-refractivity contribution >= 4 is 5.65 Å². The van der Waals surface area contributed by atoms with Gasteiger partial charge in [0.15, 0.2) is 0 Å². The molecular formula is C14H19N3. The SMILES string of the molecule is Cc1ccc2nc(CC3CCCNC3)cn2c1. The molecule has 3 heterocycles. The minimum Gasteiger partial charge on any atom is -0.316 e. The van der Waals surface area contributed by atoms with Gasteiger partial charge in [-0.2, -0.15) is 0 Å². The van der Waals surface area contributed by atoms with Gasteiger partial charge in [-0.25, -0.2) is 4.98 Å². The lowest BCUT2D eigenvalue weighted by Gasteiger charge is -2.21. The van der Waals surface area contributed by atoms with Crippen LogP contribution < -0.4 is 5.32 Å². The maximum absolute atomic E-state index is 4.68. The molecule has 3 nitrogen and oxygen atoms in total. The van der Waals surface area contributed by atoms with Gasteiger partial charge in [0.25, 0.3) is 0 Å². The monoisotopic (exact) mass is 229 g/mol. The number of piperidine rings is 1. The first-order valence-electron chi connectivity index (χ1n) is 6.46. The Bertz CT molecular complexity index is 509. The smallest absolute Gasteiger partial charge is 0.136 e. The normalized spacial score (nSPS) is 20.9. The van der Waals surface area contributed by atoms with Gasteiger partial charge in [0.2, 0.25) is 0 Å². The standard InChI is InChI=1S/C14H19N3/c1-11-4-5-14-16-13(10-17(14)9-11)7-12-3-2-6-15-8-12/h4-5,9-10,12,15H,2-3,6-8H2,1H3. The molecule has 0 spiro atoms. The van der Waals surface area contributed by atoms with E-state index in [1.54, 1.807) is 0 Å². The van der Waals surface area contributed by atoms with Gasteiger partial charge in [0, 0.05) is 12.4 Å². The zero-order valence-corrected chi connectivity index (χ0v) is 10.3. The quantitative estimate of drug-likeness (QED) is 0.855.